The molecule has 1 aromatic carbocycles. The Morgan fingerprint density at radius 2 is 1.82 bits per heavy atom. The molecule has 0 amide bonds. The minimum atomic E-state index is 0.450. The molecular weight excluding hydrogens is 296 g/mol. The van der Waals surface area contributed by atoms with E-state index in [1.807, 2.05) is 6.07 Å². The lowest BCUT2D eigenvalue weighted by Crippen LogP contribution is -2.51. The highest BCUT2D eigenvalue weighted by atomic mass is 35.5. The van der Waals surface area contributed by atoms with Crippen molar-refractivity contribution in [3.63, 3.8) is 0 Å². The molecule has 0 bridgehead atoms. The lowest BCUT2D eigenvalue weighted by atomic mass is 10.0. The Labute approximate surface area is 139 Å². The third kappa shape index (κ3) is 4.21. The topological polar surface area (TPSA) is 21.8 Å². The van der Waals surface area contributed by atoms with Gasteiger partial charge in [0, 0.05) is 70.0 Å². The van der Waals surface area contributed by atoms with Gasteiger partial charge in [-0.1, -0.05) is 23.7 Å². The molecule has 0 radical (unpaired) electrons. The van der Waals surface area contributed by atoms with Gasteiger partial charge in [-0.2, -0.15) is 0 Å². The van der Waals surface area contributed by atoms with Crippen LogP contribution in [0, 0.1) is 0 Å². The predicted molar refractivity (Wildman–Crippen MR) is 92.6 cm³/mol. The van der Waals surface area contributed by atoms with Crippen molar-refractivity contribution >= 4 is 11.6 Å². The van der Waals surface area contributed by atoms with E-state index in [2.05, 4.69) is 45.3 Å². The van der Waals surface area contributed by atoms with E-state index >= 15 is 0 Å². The van der Waals surface area contributed by atoms with Gasteiger partial charge in [0.1, 0.15) is 0 Å². The molecule has 1 aromatic rings. The molecule has 2 aliphatic rings. The standard InChI is InChI=1S/C17H27ClN4/c1-20-9-11-22(12-10-20)17(14-21-7-5-19-6-8-21)15-3-2-4-16(18)13-15/h2-4,13,17,19H,5-12,14H2,1H3/t17-/m0/s1. The lowest BCUT2D eigenvalue weighted by Gasteiger charge is -2.41. The summed E-state index contributed by atoms with van der Waals surface area (Å²) in [5.41, 5.74) is 1.36. The summed E-state index contributed by atoms with van der Waals surface area (Å²) in [5.74, 6) is 0. The van der Waals surface area contributed by atoms with Gasteiger partial charge in [0.05, 0.1) is 0 Å². The molecule has 4 nitrogen and oxygen atoms in total. The molecule has 2 saturated heterocycles. The van der Waals surface area contributed by atoms with Crippen LogP contribution in [-0.4, -0.2) is 80.7 Å². The summed E-state index contributed by atoms with van der Waals surface area (Å²) in [6.45, 7) is 10.2. The van der Waals surface area contributed by atoms with E-state index in [0.29, 0.717) is 6.04 Å². The first-order valence-corrected chi connectivity index (χ1v) is 8.71. The minimum Gasteiger partial charge on any atom is -0.314 e. The fraction of sp³-hybridized carbons (Fsp3) is 0.647. The second-order valence-electron chi connectivity index (χ2n) is 6.46. The van der Waals surface area contributed by atoms with Crippen molar-refractivity contribution < 1.29 is 0 Å². The van der Waals surface area contributed by atoms with Crippen molar-refractivity contribution in [2.45, 2.75) is 6.04 Å². The van der Waals surface area contributed by atoms with E-state index < -0.39 is 0 Å². The number of hydrogen-bond donors (Lipinski definition) is 1. The maximum Gasteiger partial charge on any atom is 0.0476 e. The minimum absolute atomic E-state index is 0.450. The number of benzene rings is 1. The van der Waals surface area contributed by atoms with Crippen LogP contribution in [0.5, 0.6) is 0 Å². The predicted octanol–water partition coefficient (Wildman–Crippen LogP) is 1.53. The van der Waals surface area contributed by atoms with Crippen molar-refractivity contribution in [1.29, 1.82) is 0 Å². The molecule has 1 N–H and O–H groups in total. The van der Waals surface area contributed by atoms with Crippen LogP contribution >= 0.6 is 11.6 Å². The first-order chi connectivity index (χ1) is 10.7. The number of rotatable bonds is 4. The van der Waals surface area contributed by atoms with Crippen molar-refractivity contribution in [2.24, 2.45) is 0 Å². The summed E-state index contributed by atoms with van der Waals surface area (Å²) in [6.07, 6.45) is 0. The summed E-state index contributed by atoms with van der Waals surface area (Å²) in [5, 5.41) is 4.28. The average Bonchev–Trinajstić information content (AvgIpc) is 2.55. The second kappa shape index (κ2) is 7.75. The van der Waals surface area contributed by atoms with Gasteiger partial charge in [-0.15, -0.1) is 0 Å². The van der Waals surface area contributed by atoms with Crippen LogP contribution in [0.15, 0.2) is 24.3 Å². The number of hydrogen-bond acceptors (Lipinski definition) is 4. The van der Waals surface area contributed by atoms with Gasteiger partial charge in [-0.05, 0) is 24.7 Å². The van der Waals surface area contributed by atoms with Crippen LogP contribution in [0.25, 0.3) is 0 Å². The first-order valence-electron chi connectivity index (χ1n) is 8.33. The highest BCUT2D eigenvalue weighted by molar-refractivity contribution is 6.30. The molecule has 0 aliphatic carbocycles. The van der Waals surface area contributed by atoms with Gasteiger partial charge in [0.15, 0.2) is 0 Å². The van der Waals surface area contributed by atoms with Gasteiger partial charge in [-0.25, -0.2) is 0 Å². The van der Waals surface area contributed by atoms with Crippen molar-refractivity contribution in [3.05, 3.63) is 34.9 Å². The van der Waals surface area contributed by atoms with E-state index in [4.69, 9.17) is 11.6 Å². The Morgan fingerprint density at radius 1 is 1.09 bits per heavy atom. The van der Waals surface area contributed by atoms with Crippen LogP contribution in [0.3, 0.4) is 0 Å². The molecule has 122 valence electrons. The van der Waals surface area contributed by atoms with Crippen LogP contribution in [-0.2, 0) is 0 Å². The average molecular weight is 323 g/mol. The zero-order chi connectivity index (χ0) is 15.4. The van der Waals surface area contributed by atoms with E-state index in [0.717, 1.165) is 63.9 Å². The van der Waals surface area contributed by atoms with Crippen molar-refractivity contribution in [1.82, 2.24) is 20.0 Å². The van der Waals surface area contributed by atoms with Crippen LogP contribution < -0.4 is 5.32 Å². The Balaban J connectivity index is 1.75. The van der Waals surface area contributed by atoms with Crippen molar-refractivity contribution in [3.8, 4) is 0 Å². The van der Waals surface area contributed by atoms with Gasteiger partial charge in [-0.3, -0.25) is 9.80 Å². The number of likely N-dealkylation sites (N-methyl/N-ethyl adjacent to an activating group) is 1. The molecule has 0 unspecified atom stereocenters. The Kier molecular flexibility index (Phi) is 5.71. The van der Waals surface area contributed by atoms with E-state index in [-0.39, 0.29) is 0 Å². The van der Waals surface area contributed by atoms with Crippen molar-refractivity contribution in [2.75, 3.05) is 66.0 Å². The van der Waals surface area contributed by atoms with Crippen LogP contribution in [0.1, 0.15) is 11.6 Å². The second-order valence-corrected chi connectivity index (χ2v) is 6.90. The van der Waals surface area contributed by atoms with Gasteiger partial charge >= 0.3 is 0 Å². The van der Waals surface area contributed by atoms with Gasteiger partial charge < -0.3 is 10.2 Å². The summed E-state index contributed by atoms with van der Waals surface area (Å²) >= 11 is 6.24. The monoisotopic (exact) mass is 322 g/mol. The molecule has 0 aromatic heterocycles. The lowest BCUT2D eigenvalue weighted by molar-refractivity contribution is 0.0816. The first kappa shape index (κ1) is 16.2. The fourth-order valence-corrected chi connectivity index (χ4v) is 3.62. The van der Waals surface area contributed by atoms with Crippen LogP contribution in [0.2, 0.25) is 5.02 Å². The maximum atomic E-state index is 6.24. The summed E-state index contributed by atoms with van der Waals surface area (Å²) in [7, 11) is 2.21. The molecule has 22 heavy (non-hydrogen) atoms. The summed E-state index contributed by atoms with van der Waals surface area (Å²) in [6, 6.07) is 8.88. The number of halogens is 1. The summed E-state index contributed by atoms with van der Waals surface area (Å²) < 4.78 is 0. The number of nitrogens with one attached hydrogen (secondary N) is 1. The highest BCUT2D eigenvalue weighted by Crippen LogP contribution is 2.25. The number of nitrogens with zero attached hydrogens (tertiary/aromatic N) is 3. The Bertz CT molecular complexity index is 467. The molecule has 2 heterocycles. The molecule has 2 aliphatic heterocycles. The highest BCUT2D eigenvalue weighted by Gasteiger charge is 2.26. The zero-order valence-corrected chi connectivity index (χ0v) is 14.2. The quantitative estimate of drug-likeness (QED) is 0.907. The molecule has 0 saturated carbocycles. The molecule has 1 atom stereocenters. The fourth-order valence-electron chi connectivity index (χ4n) is 3.42. The van der Waals surface area contributed by atoms with E-state index in [1.54, 1.807) is 0 Å². The van der Waals surface area contributed by atoms with E-state index in [9.17, 15) is 0 Å². The molecule has 3 rings (SSSR count). The zero-order valence-electron chi connectivity index (χ0n) is 13.5. The third-order valence-corrected chi connectivity index (χ3v) is 5.09. The molecule has 5 heteroatoms. The van der Waals surface area contributed by atoms with Gasteiger partial charge in [0.2, 0.25) is 0 Å². The number of piperazine rings is 2. The van der Waals surface area contributed by atoms with E-state index in [1.165, 1.54) is 5.56 Å². The third-order valence-electron chi connectivity index (χ3n) is 4.85. The molecule has 2 fully saturated rings. The maximum absolute atomic E-state index is 6.24. The Morgan fingerprint density at radius 3 is 2.50 bits per heavy atom. The normalized spacial score (nSPS) is 23.5. The Hall–Kier alpha value is -0.650. The largest absolute Gasteiger partial charge is 0.314 e. The molecular formula is C17H27ClN4. The smallest absolute Gasteiger partial charge is 0.0476 e. The molecule has 0 spiro atoms. The summed E-state index contributed by atoms with van der Waals surface area (Å²) in [4.78, 5) is 7.63. The van der Waals surface area contributed by atoms with Crippen LogP contribution in [0.4, 0.5) is 0 Å². The SMILES string of the molecule is CN1CCN([C@@H](CN2CCNCC2)c2cccc(Cl)c2)CC1. The van der Waals surface area contributed by atoms with Gasteiger partial charge in [0.25, 0.3) is 0 Å².